The van der Waals surface area contributed by atoms with Gasteiger partial charge in [0, 0.05) is 20.7 Å². The molecule has 8 nitrogen and oxygen atoms in total. The van der Waals surface area contributed by atoms with Crippen LogP contribution in [0.2, 0.25) is 0 Å². The second-order valence-corrected chi connectivity index (χ2v) is 4.54. The Hall–Kier alpha value is -2.48. The molecule has 21 heavy (non-hydrogen) atoms. The minimum Gasteiger partial charge on any atom is -0.384 e. The van der Waals surface area contributed by atoms with Gasteiger partial charge >= 0.3 is 0 Å². The number of hydrogen-bond acceptors (Lipinski definition) is 6. The van der Waals surface area contributed by atoms with Gasteiger partial charge < -0.3 is 19.9 Å². The summed E-state index contributed by atoms with van der Waals surface area (Å²) in [6, 6.07) is 4.97. The summed E-state index contributed by atoms with van der Waals surface area (Å²) in [5, 5.41) is 7.88. The molecule has 0 aliphatic rings. The van der Waals surface area contributed by atoms with Crippen LogP contribution in [-0.4, -0.2) is 51.3 Å². The van der Waals surface area contributed by atoms with Gasteiger partial charge in [-0.05, 0) is 12.1 Å². The van der Waals surface area contributed by atoms with Crippen molar-refractivity contribution in [3.05, 3.63) is 36.0 Å². The van der Waals surface area contributed by atoms with Crippen molar-refractivity contribution in [3.63, 3.8) is 0 Å². The number of carbonyl (C=O) groups excluding carboxylic acids is 1. The van der Waals surface area contributed by atoms with Crippen molar-refractivity contribution in [1.29, 1.82) is 0 Å². The molecule has 112 valence electrons. The highest BCUT2D eigenvalue weighted by Crippen LogP contribution is 2.07. The molecule has 0 spiro atoms. The molecule has 8 heteroatoms. The quantitative estimate of drug-likeness (QED) is 0.814. The van der Waals surface area contributed by atoms with Crippen LogP contribution in [0.5, 0.6) is 0 Å². The predicted molar refractivity (Wildman–Crippen MR) is 76.3 cm³/mol. The zero-order valence-corrected chi connectivity index (χ0v) is 12.1. The van der Waals surface area contributed by atoms with E-state index in [9.17, 15) is 4.79 Å². The van der Waals surface area contributed by atoms with Gasteiger partial charge in [-0.3, -0.25) is 4.79 Å². The fraction of sp³-hybridized carbons (Fsp3) is 0.385. The average Bonchev–Trinajstić information content (AvgIpc) is 2.91. The zero-order valence-electron chi connectivity index (χ0n) is 12.1. The van der Waals surface area contributed by atoms with E-state index < -0.39 is 0 Å². The van der Waals surface area contributed by atoms with Gasteiger partial charge in [0.1, 0.15) is 17.8 Å². The Labute approximate surface area is 122 Å². The molecule has 2 aromatic heterocycles. The first-order chi connectivity index (χ1) is 10.1. The van der Waals surface area contributed by atoms with Crippen LogP contribution >= 0.6 is 0 Å². The number of rotatable bonds is 6. The number of anilines is 1. The van der Waals surface area contributed by atoms with Crippen LogP contribution in [0.25, 0.3) is 0 Å². The van der Waals surface area contributed by atoms with Crippen LogP contribution in [-0.2, 0) is 17.8 Å². The molecule has 2 aromatic rings. The van der Waals surface area contributed by atoms with Crippen molar-refractivity contribution in [2.75, 3.05) is 26.5 Å². The van der Waals surface area contributed by atoms with E-state index in [0.717, 1.165) is 0 Å². The van der Waals surface area contributed by atoms with Crippen molar-refractivity contribution in [3.8, 4) is 0 Å². The van der Waals surface area contributed by atoms with E-state index in [1.807, 2.05) is 4.57 Å². The van der Waals surface area contributed by atoms with Crippen molar-refractivity contribution < 1.29 is 9.53 Å². The Bertz CT molecular complexity index is 612. The maximum atomic E-state index is 12.3. The monoisotopic (exact) mass is 290 g/mol. The van der Waals surface area contributed by atoms with Crippen LogP contribution in [0.1, 0.15) is 16.3 Å². The van der Waals surface area contributed by atoms with Crippen molar-refractivity contribution in [2.45, 2.75) is 13.1 Å². The van der Waals surface area contributed by atoms with E-state index in [4.69, 9.17) is 10.5 Å². The first kappa shape index (κ1) is 14.9. The number of nitrogens with two attached hydrogens (primary N) is 1. The summed E-state index contributed by atoms with van der Waals surface area (Å²) in [5.41, 5.74) is 5.90. The standard InChI is InChI=1S/C13H18N6O2/c1-18(13(20)10-4-3-5-11(14)16-10)8-12-17-15-9-19(12)6-7-21-2/h3-5,9H,6-8H2,1-2H3,(H2,14,16). The molecule has 0 aliphatic carbocycles. The SMILES string of the molecule is COCCn1cnnc1CN(C)C(=O)c1cccc(N)n1. The highest BCUT2D eigenvalue weighted by Gasteiger charge is 2.16. The molecule has 0 unspecified atom stereocenters. The van der Waals surface area contributed by atoms with Crippen molar-refractivity contribution in [1.82, 2.24) is 24.6 Å². The molecule has 0 saturated heterocycles. The van der Waals surface area contributed by atoms with Gasteiger partial charge in [0.05, 0.1) is 13.2 Å². The molecule has 0 atom stereocenters. The van der Waals surface area contributed by atoms with Gasteiger partial charge in [0.2, 0.25) is 0 Å². The molecule has 0 radical (unpaired) electrons. The van der Waals surface area contributed by atoms with Gasteiger partial charge in [-0.15, -0.1) is 10.2 Å². The molecule has 0 fully saturated rings. The number of hydrogen-bond donors (Lipinski definition) is 1. The highest BCUT2D eigenvalue weighted by atomic mass is 16.5. The second-order valence-electron chi connectivity index (χ2n) is 4.54. The predicted octanol–water partition coefficient (Wildman–Crippen LogP) is 0.174. The van der Waals surface area contributed by atoms with E-state index in [1.165, 1.54) is 4.90 Å². The molecule has 0 aromatic carbocycles. The van der Waals surface area contributed by atoms with Crippen LogP contribution in [0.15, 0.2) is 24.5 Å². The number of pyridine rings is 1. The number of carbonyl (C=O) groups is 1. The highest BCUT2D eigenvalue weighted by molar-refractivity contribution is 5.92. The summed E-state index contributed by atoms with van der Waals surface area (Å²) in [7, 11) is 3.31. The maximum Gasteiger partial charge on any atom is 0.272 e. The molecular weight excluding hydrogens is 272 g/mol. The Morgan fingerprint density at radius 2 is 2.29 bits per heavy atom. The molecular formula is C13H18N6O2. The van der Waals surface area contributed by atoms with Gasteiger partial charge in [0.15, 0.2) is 5.82 Å². The second kappa shape index (κ2) is 6.80. The molecule has 2 N–H and O–H groups in total. The molecule has 0 bridgehead atoms. The minimum absolute atomic E-state index is 0.219. The summed E-state index contributed by atoms with van der Waals surface area (Å²) >= 11 is 0. The normalized spacial score (nSPS) is 10.6. The molecule has 1 amide bonds. The van der Waals surface area contributed by atoms with Crippen LogP contribution in [0, 0.1) is 0 Å². The molecule has 0 aliphatic heterocycles. The van der Waals surface area contributed by atoms with Crippen LogP contribution in [0.3, 0.4) is 0 Å². The van der Waals surface area contributed by atoms with E-state index in [0.29, 0.717) is 37.0 Å². The van der Waals surface area contributed by atoms with Crippen LogP contribution < -0.4 is 5.73 Å². The lowest BCUT2D eigenvalue weighted by Gasteiger charge is -2.16. The Kier molecular flexibility index (Phi) is 4.83. The lowest BCUT2D eigenvalue weighted by Crippen LogP contribution is -2.28. The molecule has 0 saturated carbocycles. The summed E-state index contributed by atoms with van der Waals surface area (Å²) in [6.07, 6.45) is 1.62. The number of ether oxygens (including phenoxy) is 1. The third-order valence-electron chi connectivity index (χ3n) is 2.95. The summed E-state index contributed by atoms with van der Waals surface area (Å²) < 4.78 is 6.87. The fourth-order valence-electron chi connectivity index (χ4n) is 1.83. The first-order valence-electron chi connectivity index (χ1n) is 6.45. The van der Waals surface area contributed by atoms with Gasteiger partial charge in [-0.25, -0.2) is 4.98 Å². The van der Waals surface area contributed by atoms with Crippen LogP contribution in [0.4, 0.5) is 5.82 Å². The Balaban J connectivity index is 2.06. The number of methoxy groups -OCH3 is 1. The number of amides is 1. The third kappa shape index (κ3) is 3.76. The summed E-state index contributed by atoms with van der Waals surface area (Å²) in [4.78, 5) is 17.8. The van der Waals surface area contributed by atoms with E-state index in [-0.39, 0.29) is 5.91 Å². The van der Waals surface area contributed by atoms with E-state index >= 15 is 0 Å². The smallest absolute Gasteiger partial charge is 0.272 e. The van der Waals surface area contributed by atoms with Gasteiger partial charge in [-0.2, -0.15) is 0 Å². The Morgan fingerprint density at radius 1 is 1.48 bits per heavy atom. The lowest BCUT2D eigenvalue weighted by atomic mass is 10.3. The largest absolute Gasteiger partial charge is 0.384 e. The maximum absolute atomic E-state index is 12.3. The lowest BCUT2D eigenvalue weighted by molar-refractivity contribution is 0.0773. The molecule has 2 heterocycles. The average molecular weight is 290 g/mol. The summed E-state index contributed by atoms with van der Waals surface area (Å²) in [6.45, 7) is 1.52. The topological polar surface area (TPSA) is 99.2 Å². The Morgan fingerprint density at radius 3 is 3.00 bits per heavy atom. The fourth-order valence-corrected chi connectivity index (χ4v) is 1.83. The van der Waals surface area contributed by atoms with Crippen molar-refractivity contribution >= 4 is 11.7 Å². The minimum atomic E-state index is -0.219. The molecule has 2 rings (SSSR count). The zero-order chi connectivity index (χ0) is 15.2. The number of nitrogens with zero attached hydrogens (tertiary/aromatic N) is 5. The van der Waals surface area contributed by atoms with Gasteiger partial charge in [0.25, 0.3) is 5.91 Å². The first-order valence-corrected chi connectivity index (χ1v) is 6.45. The van der Waals surface area contributed by atoms with E-state index in [1.54, 1.807) is 38.7 Å². The van der Waals surface area contributed by atoms with Gasteiger partial charge in [-0.1, -0.05) is 6.07 Å². The number of aromatic nitrogens is 4. The third-order valence-corrected chi connectivity index (χ3v) is 2.95. The number of nitrogen functional groups attached to an aromatic ring is 1. The van der Waals surface area contributed by atoms with E-state index in [2.05, 4.69) is 15.2 Å². The summed E-state index contributed by atoms with van der Waals surface area (Å²) in [5.74, 6) is 0.785. The van der Waals surface area contributed by atoms with Crippen molar-refractivity contribution in [2.24, 2.45) is 0 Å².